The van der Waals surface area contributed by atoms with Crippen molar-refractivity contribution >= 4 is 11.8 Å². The molecule has 0 aliphatic carbocycles. The van der Waals surface area contributed by atoms with Crippen LogP contribution in [0.5, 0.6) is 5.75 Å². The van der Waals surface area contributed by atoms with E-state index in [9.17, 15) is 0 Å². The van der Waals surface area contributed by atoms with E-state index in [0.29, 0.717) is 23.1 Å². The maximum atomic E-state index is 8.92. The Hall–Kier alpha value is -1.93. The average Bonchev–Trinajstić information content (AvgIpc) is 2.84. The molecule has 5 heteroatoms. The molecular weight excluding hydrogens is 260 g/mol. The van der Waals surface area contributed by atoms with Crippen molar-refractivity contribution in [3.05, 3.63) is 41.8 Å². The third kappa shape index (κ3) is 4.04. The first-order chi connectivity index (χ1) is 9.29. The maximum Gasteiger partial charge on any atom is 0.255 e. The lowest BCUT2D eigenvalue weighted by Crippen LogP contribution is -2.00. The Kier molecular flexibility index (Phi) is 4.87. The molecule has 1 heterocycles. The second-order valence-corrected chi connectivity index (χ2v) is 4.96. The zero-order valence-corrected chi connectivity index (χ0v) is 11.4. The van der Waals surface area contributed by atoms with Crippen LogP contribution < -0.4 is 4.74 Å². The summed E-state index contributed by atoms with van der Waals surface area (Å²) in [6, 6.07) is 9.36. The molecule has 2 rings (SSSR count). The summed E-state index contributed by atoms with van der Waals surface area (Å²) in [5.74, 6) is 1.51. The van der Waals surface area contributed by atoms with E-state index in [4.69, 9.17) is 14.4 Å². The number of aromatic nitrogens is 1. The van der Waals surface area contributed by atoms with Crippen LogP contribution in [0.4, 0.5) is 0 Å². The van der Waals surface area contributed by atoms with Crippen molar-refractivity contribution in [1.29, 1.82) is 5.26 Å². The Morgan fingerprint density at radius 2 is 2.26 bits per heavy atom. The minimum Gasteiger partial charge on any atom is -0.492 e. The molecule has 0 N–H and O–H groups in total. The molecule has 0 bridgehead atoms. The van der Waals surface area contributed by atoms with Gasteiger partial charge in [0.1, 0.15) is 18.1 Å². The van der Waals surface area contributed by atoms with Gasteiger partial charge in [-0.05, 0) is 25.5 Å². The summed E-state index contributed by atoms with van der Waals surface area (Å²) in [7, 11) is 0. The van der Waals surface area contributed by atoms with Gasteiger partial charge in [0.05, 0.1) is 17.9 Å². The molecule has 0 atom stereocenters. The molecule has 2 aromatic rings. The first-order valence-corrected chi connectivity index (χ1v) is 6.95. The number of benzene rings is 1. The summed E-state index contributed by atoms with van der Waals surface area (Å²) in [6.45, 7) is 2.47. The van der Waals surface area contributed by atoms with Crippen molar-refractivity contribution in [2.24, 2.45) is 0 Å². The van der Waals surface area contributed by atoms with Crippen LogP contribution in [0.1, 0.15) is 17.7 Å². The number of ether oxygens (including phenoxy) is 1. The van der Waals surface area contributed by atoms with Gasteiger partial charge in [-0.25, -0.2) is 4.98 Å². The van der Waals surface area contributed by atoms with Crippen LogP contribution in [-0.4, -0.2) is 17.3 Å². The number of hydrogen-bond acceptors (Lipinski definition) is 5. The van der Waals surface area contributed by atoms with E-state index < -0.39 is 0 Å². The van der Waals surface area contributed by atoms with Crippen molar-refractivity contribution < 1.29 is 9.15 Å². The zero-order valence-electron chi connectivity index (χ0n) is 10.6. The molecule has 0 saturated heterocycles. The number of oxazole rings is 1. The number of aryl methyl sites for hydroxylation is 1. The number of para-hydroxylation sites is 1. The van der Waals surface area contributed by atoms with Gasteiger partial charge >= 0.3 is 0 Å². The van der Waals surface area contributed by atoms with Gasteiger partial charge in [-0.3, -0.25) is 0 Å². The summed E-state index contributed by atoms with van der Waals surface area (Å²) < 4.78 is 10.8. The van der Waals surface area contributed by atoms with Crippen LogP contribution in [0.15, 0.2) is 40.2 Å². The Morgan fingerprint density at radius 1 is 1.42 bits per heavy atom. The normalized spacial score (nSPS) is 10.1. The van der Waals surface area contributed by atoms with E-state index in [1.807, 2.05) is 25.1 Å². The highest BCUT2D eigenvalue weighted by Gasteiger charge is 2.03. The SMILES string of the molecule is Cc1coc(SCCCOc2ccccc2C#N)n1. The Balaban J connectivity index is 1.71. The van der Waals surface area contributed by atoms with Gasteiger partial charge in [0.25, 0.3) is 5.22 Å². The fourth-order valence-corrected chi connectivity index (χ4v) is 2.25. The number of nitriles is 1. The molecular formula is C14H14N2O2S. The minimum absolute atomic E-state index is 0.568. The third-order valence-corrected chi connectivity index (χ3v) is 3.30. The molecule has 0 aliphatic heterocycles. The molecule has 0 saturated carbocycles. The van der Waals surface area contributed by atoms with Crippen molar-refractivity contribution in [2.45, 2.75) is 18.6 Å². The fourth-order valence-electron chi connectivity index (χ4n) is 1.48. The summed E-state index contributed by atoms with van der Waals surface area (Å²) in [4.78, 5) is 4.21. The molecule has 0 unspecified atom stereocenters. The van der Waals surface area contributed by atoms with E-state index >= 15 is 0 Å². The lowest BCUT2D eigenvalue weighted by Gasteiger charge is -2.06. The average molecular weight is 274 g/mol. The van der Waals surface area contributed by atoms with Gasteiger partial charge in [-0.1, -0.05) is 23.9 Å². The molecule has 19 heavy (non-hydrogen) atoms. The number of thioether (sulfide) groups is 1. The van der Waals surface area contributed by atoms with Gasteiger partial charge in [0.2, 0.25) is 0 Å². The molecule has 4 nitrogen and oxygen atoms in total. The molecule has 1 aromatic carbocycles. The summed E-state index contributed by atoms with van der Waals surface area (Å²) in [6.07, 6.45) is 2.51. The number of nitrogens with zero attached hydrogens (tertiary/aromatic N) is 2. The van der Waals surface area contributed by atoms with Gasteiger partial charge in [0.15, 0.2) is 0 Å². The highest BCUT2D eigenvalue weighted by Crippen LogP contribution is 2.19. The maximum absolute atomic E-state index is 8.92. The molecule has 1 aromatic heterocycles. The van der Waals surface area contributed by atoms with Crippen LogP contribution in [0.3, 0.4) is 0 Å². The van der Waals surface area contributed by atoms with E-state index in [-0.39, 0.29) is 0 Å². The summed E-state index contributed by atoms with van der Waals surface area (Å²) in [5, 5.41) is 9.61. The third-order valence-electron chi connectivity index (χ3n) is 2.38. The van der Waals surface area contributed by atoms with E-state index in [1.165, 1.54) is 0 Å². The van der Waals surface area contributed by atoms with Crippen LogP contribution in [0.25, 0.3) is 0 Å². The minimum atomic E-state index is 0.568. The Labute approximate surface area is 116 Å². The zero-order chi connectivity index (χ0) is 13.5. The Bertz CT molecular complexity index is 575. The molecule has 0 aliphatic rings. The molecule has 0 amide bonds. The van der Waals surface area contributed by atoms with E-state index in [0.717, 1.165) is 17.9 Å². The second kappa shape index (κ2) is 6.86. The molecule has 0 radical (unpaired) electrons. The van der Waals surface area contributed by atoms with Crippen molar-refractivity contribution in [3.8, 4) is 11.8 Å². The largest absolute Gasteiger partial charge is 0.492 e. The van der Waals surface area contributed by atoms with Crippen LogP contribution in [-0.2, 0) is 0 Å². The van der Waals surface area contributed by atoms with Crippen LogP contribution in [0, 0.1) is 18.3 Å². The van der Waals surface area contributed by atoms with Crippen molar-refractivity contribution in [2.75, 3.05) is 12.4 Å². The van der Waals surface area contributed by atoms with Gasteiger partial charge < -0.3 is 9.15 Å². The molecule has 0 spiro atoms. The predicted molar refractivity (Wildman–Crippen MR) is 73.2 cm³/mol. The number of rotatable bonds is 6. The van der Waals surface area contributed by atoms with Crippen molar-refractivity contribution in [1.82, 2.24) is 4.98 Å². The highest BCUT2D eigenvalue weighted by molar-refractivity contribution is 7.99. The second-order valence-electron chi connectivity index (χ2n) is 3.91. The van der Waals surface area contributed by atoms with Crippen LogP contribution >= 0.6 is 11.8 Å². The molecule has 0 fully saturated rings. The fraction of sp³-hybridized carbons (Fsp3) is 0.286. The standard InChI is InChI=1S/C14H14N2O2S/c1-11-10-18-14(16-11)19-8-4-7-17-13-6-3-2-5-12(13)9-15/h2-3,5-6,10H,4,7-8H2,1H3. The Morgan fingerprint density at radius 3 is 3.00 bits per heavy atom. The number of hydrogen-bond donors (Lipinski definition) is 0. The summed E-state index contributed by atoms with van der Waals surface area (Å²) >= 11 is 1.56. The topological polar surface area (TPSA) is 59.0 Å². The van der Waals surface area contributed by atoms with Gasteiger partial charge in [0, 0.05) is 5.75 Å². The summed E-state index contributed by atoms with van der Waals surface area (Å²) in [5.41, 5.74) is 1.46. The smallest absolute Gasteiger partial charge is 0.255 e. The van der Waals surface area contributed by atoms with E-state index in [2.05, 4.69) is 11.1 Å². The van der Waals surface area contributed by atoms with E-state index in [1.54, 1.807) is 24.1 Å². The van der Waals surface area contributed by atoms with Crippen molar-refractivity contribution in [3.63, 3.8) is 0 Å². The van der Waals surface area contributed by atoms with Crippen LogP contribution in [0.2, 0.25) is 0 Å². The predicted octanol–water partition coefficient (Wildman–Crippen LogP) is 3.42. The van der Waals surface area contributed by atoms with Gasteiger partial charge in [-0.15, -0.1) is 0 Å². The lowest BCUT2D eigenvalue weighted by molar-refractivity contribution is 0.317. The lowest BCUT2D eigenvalue weighted by atomic mass is 10.2. The first kappa shape index (κ1) is 13.5. The quantitative estimate of drug-likeness (QED) is 0.596. The first-order valence-electron chi connectivity index (χ1n) is 5.96. The van der Waals surface area contributed by atoms with Gasteiger partial charge in [-0.2, -0.15) is 5.26 Å². The molecule has 98 valence electrons. The monoisotopic (exact) mass is 274 g/mol. The highest BCUT2D eigenvalue weighted by atomic mass is 32.2.